The third-order valence-electron chi connectivity index (χ3n) is 4.60. The number of anilines is 1. The third kappa shape index (κ3) is 5.80. The molecule has 0 spiro atoms. The van der Waals surface area contributed by atoms with Gasteiger partial charge in [-0.15, -0.1) is 0 Å². The molecule has 0 radical (unpaired) electrons. The summed E-state index contributed by atoms with van der Waals surface area (Å²) < 4.78 is 0. The zero-order chi connectivity index (χ0) is 17.4. The van der Waals surface area contributed by atoms with Gasteiger partial charge in [-0.05, 0) is 43.9 Å². The quantitative estimate of drug-likeness (QED) is 0.682. The van der Waals surface area contributed by atoms with Gasteiger partial charge in [-0.25, -0.2) is 0 Å². The summed E-state index contributed by atoms with van der Waals surface area (Å²) in [6, 6.07) is 8.82. The van der Waals surface area contributed by atoms with E-state index in [1.165, 1.54) is 11.3 Å². The van der Waals surface area contributed by atoms with Crippen molar-refractivity contribution in [1.29, 1.82) is 0 Å². The molecular weight excluding hydrogens is 302 g/mol. The summed E-state index contributed by atoms with van der Waals surface area (Å²) in [7, 11) is 0. The standard InChI is InChI=1S/C19H31N3O2/c1-3-11-21-19(24)8-12-20-15(2)16-4-6-17(7-5-16)22-13-9-18(23)10-14-22/h4-7,15,18,20,23H,3,8-14H2,1-2H3,(H,21,24). The van der Waals surface area contributed by atoms with Gasteiger partial charge in [-0.2, -0.15) is 0 Å². The highest BCUT2D eigenvalue weighted by atomic mass is 16.3. The maximum atomic E-state index is 11.6. The van der Waals surface area contributed by atoms with Gasteiger partial charge in [0.2, 0.25) is 5.91 Å². The van der Waals surface area contributed by atoms with Crippen LogP contribution in [0.4, 0.5) is 5.69 Å². The summed E-state index contributed by atoms with van der Waals surface area (Å²) in [4.78, 5) is 13.9. The van der Waals surface area contributed by atoms with Gasteiger partial charge in [0.15, 0.2) is 0 Å². The molecule has 0 saturated carbocycles. The lowest BCUT2D eigenvalue weighted by atomic mass is 10.0. The van der Waals surface area contributed by atoms with E-state index in [0.717, 1.165) is 38.9 Å². The Hall–Kier alpha value is -1.59. The molecule has 1 aromatic carbocycles. The van der Waals surface area contributed by atoms with Crippen molar-refractivity contribution in [2.24, 2.45) is 0 Å². The van der Waals surface area contributed by atoms with E-state index in [-0.39, 0.29) is 18.1 Å². The van der Waals surface area contributed by atoms with Crippen molar-refractivity contribution in [1.82, 2.24) is 10.6 Å². The van der Waals surface area contributed by atoms with Gasteiger partial charge in [0.25, 0.3) is 0 Å². The van der Waals surface area contributed by atoms with Crippen molar-refractivity contribution >= 4 is 11.6 Å². The second kappa shape index (κ2) is 9.64. The molecule has 2 rings (SSSR count). The molecule has 1 amide bonds. The van der Waals surface area contributed by atoms with E-state index in [0.29, 0.717) is 13.0 Å². The van der Waals surface area contributed by atoms with E-state index in [9.17, 15) is 9.90 Å². The number of piperidine rings is 1. The molecule has 3 N–H and O–H groups in total. The molecular formula is C19H31N3O2. The van der Waals surface area contributed by atoms with Crippen LogP contribution < -0.4 is 15.5 Å². The number of aliphatic hydroxyl groups excluding tert-OH is 1. The molecule has 1 aliphatic heterocycles. The summed E-state index contributed by atoms with van der Waals surface area (Å²) in [6.45, 7) is 7.45. The maximum absolute atomic E-state index is 11.6. The predicted molar refractivity (Wildman–Crippen MR) is 98.2 cm³/mol. The van der Waals surface area contributed by atoms with Gasteiger partial charge in [-0.1, -0.05) is 19.1 Å². The van der Waals surface area contributed by atoms with Crippen LogP contribution >= 0.6 is 0 Å². The molecule has 1 aromatic rings. The molecule has 1 heterocycles. The molecule has 1 unspecified atom stereocenters. The molecule has 1 fully saturated rings. The van der Waals surface area contributed by atoms with Gasteiger partial charge in [0, 0.05) is 44.3 Å². The van der Waals surface area contributed by atoms with Gasteiger partial charge in [0.1, 0.15) is 0 Å². The number of hydrogen-bond acceptors (Lipinski definition) is 4. The van der Waals surface area contributed by atoms with Crippen LogP contribution in [-0.4, -0.2) is 43.3 Å². The lowest BCUT2D eigenvalue weighted by molar-refractivity contribution is -0.121. The molecule has 5 nitrogen and oxygen atoms in total. The fourth-order valence-corrected chi connectivity index (χ4v) is 2.97. The number of hydrogen-bond donors (Lipinski definition) is 3. The van der Waals surface area contributed by atoms with Crippen LogP contribution in [0.15, 0.2) is 24.3 Å². The smallest absolute Gasteiger partial charge is 0.221 e. The molecule has 1 saturated heterocycles. The zero-order valence-corrected chi connectivity index (χ0v) is 14.9. The minimum atomic E-state index is -0.140. The van der Waals surface area contributed by atoms with E-state index in [1.807, 2.05) is 0 Å². The van der Waals surface area contributed by atoms with Crippen LogP contribution in [0.2, 0.25) is 0 Å². The number of rotatable bonds is 8. The molecule has 5 heteroatoms. The highest BCUT2D eigenvalue weighted by Gasteiger charge is 2.17. The number of carbonyl (C=O) groups is 1. The van der Waals surface area contributed by atoms with Crippen molar-refractivity contribution in [2.75, 3.05) is 31.1 Å². The first kappa shape index (κ1) is 18.7. The number of carbonyl (C=O) groups excluding carboxylic acids is 1. The van der Waals surface area contributed by atoms with Crippen molar-refractivity contribution in [3.05, 3.63) is 29.8 Å². The van der Waals surface area contributed by atoms with E-state index in [1.54, 1.807) is 0 Å². The average Bonchev–Trinajstić information content (AvgIpc) is 2.60. The fraction of sp³-hybridized carbons (Fsp3) is 0.632. The lowest BCUT2D eigenvalue weighted by Gasteiger charge is -2.31. The first-order valence-corrected chi connectivity index (χ1v) is 9.13. The Morgan fingerprint density at radius 2 is 1.92 bits per heavy atom. The van der Waals surface area contributed by atoms with E-state index < -0.39 is 0 Å². The van der Waals surface area contributed by atoms with Gasteiger partial charge in [0.05, 0.1) is 6.10 Å². The molecule has 0 aromatic heterocycles. The van der Waals surface area contributed by atoms with Crippen molar-refractivity contribution in [3.63, 3.8) is 0 Å². The maximum Gasteiger partial charge on any atom is 0.221 e. The van der Waals surface area contributed by atoms with E-state index in [4.69, 9.17) is 0 Å². The lowest BCUT2D eigenvalue weighted by Crippen LogP contribution is -2.35. The van der Waals surface area contributed by atoms with Crippen molar-refractivity contribution < 1.29 is 9.90 Å². The van der Waals surface area contributed by atoms with Crippen LogP contribution in [-0.2, 0) is 4.79 Å². The molecule has 1 aliphatic rings. The summed E-state index contributed by atoms with van der Waals surface area (Å²) in [6.07, 6.45) is 3.04. The number of benzene rings is 1. The number of nitrogens with one attached hydrogen (secondary N) is 2. The Morgan fingerprint density at radius 3 is 2.54 bits per heavy atom. The van der Waals surface area contributed by atoms with Crippen LogP contribution in [0, 0.1) is 0 Å². The molecule has 134 valence electrons. The molecule has 0 bridgehead atoms. The van der Waals surface area contributed by atoms with Crippen LogP contribution in [0.25, 0.3) is 0 Å². The summed E-state index contributed by atoms with van der Waals surface area (Å²) in [5.41, 5.74) is 2.45. The van der Waals surface area contributed by atoms with Crippen molar-refractivity contribution in [3.8, 4) is 0 Å². The van der Waals surface area contributed by atoms with Crippen molar-refractivity contribution in [2.45, 2.75) is 51.7 Å². The van der Waals surface area contributed by atoms with Gasteiger partial charge >= 0.3 is 0 Å². The third-order valence-corrected chi connectivity index (χ3v) is 4.60. The van der Waals surface area contributed by atoms with Crippen LogP contribution in [0.3, 0.4) is 0 Å². The second-order valence-corrected chi connectivity index (χ2v) is 6.59. The Morgan fingerprint density at radius 1 is 1.25 bits per heavy atom. The first-order chi connectivity index (χ1) is 11.6. The second-order valence-electron chi connectivity index (χ2n) is 6.59. The SMILES string of the molecule is CCCNC(=O)CCNC(C)c1ccc(N2CCC(O)CC2)cc1. The fourth-order valence-electron chi connectivity index (χ4n) is 2.97. The number of nitrogens with zero attached hydrogens (tertiary/aromatic N) is 1. The van der Waals surface area contributed by atoms with E-state index >= 15 is 0 Å². The topological polar surface area (TPSA) is 64.6 Å². The minimum absolute atomic E-state index is 0.110. The predicted octanol–water partition coefficient (Wildman–Crippen LogP) is 2.21. The minimum Gasteiger partial charge on any atom is -0.393 e. The highest BCUT2D eigenvalue weighted by Crippen LogP contribution is 2.22. The zero-order valence-electron chi connectivity index (χ0n) is 14.9. The summed E-state index contributed by atoms with van der Waals surface area (Å²) in [5.74, 6) is 0.110. The largest absolute Gasteiger partial charge is 0.393 e. The number of aliphatic hydroxyl groups is 1. The Kier molecular flexibility index (Phi) is 7.53. The molecule has 24 heavy (non-hydrogen) atoms. The molecule has 0 aliphatic carbocycles. The summed E-state index contributed by atoms with van der Waals surface area (Å²) in [5, 5.41) is 15.9. The number of amides is 1. The van der Waals surface area contributed by atoms with E-state index in [2.05, 4.69) is 53.6 Å². The van der Waals surface area contributed by atoms with Gasteiger partial charge in [-0.3, -0.25) is 4.79 Å². The van der Waals surface area contributed by atoms with Gasteiger partial charge < -0.3 is 20.6 Å². The monoisotopic (exact) mass is 333 g/mol. The highest BCUT2D eigenvalue weighted by molar-refractivity contribution is 5.76. The normalized spacial score (nSPS) is 16.9. The molecule has 1 atom stereocenters. The van der Waals surface area contributed by atoms with Crippen LogP contribution in [0.5, 0.6) is 0 Å². The first-order valence-electron chi connectivity index (χ1n) is 9.13. The average molecular weight is 333 g/mol. The Balaban J connectivity index is 1.76. The summed E-state index contributed by atoms with van der Waals surface area (Å²) >= 11 is 0. The van der Waals surface area contributed by atoms with Crippen LogP contribution in [0.1, 0.15) is 51.1 Å². The Labute approximate surface area is 145 Å². The Bertz CT molecular complexity index is 496.